The Bertz CT molecular complexity index is 823. The van der Waals surface area contributed by atoms with E-state index in [0.29, 0.717) is 16.6 Å². The van der Waals surface area contributed by atoms with Crippen molar-refractivity contribution in [3.05, 3.63) is 42.0 Å². The number of hydrogen-bond acceptors (Lipinski definition) is 4. The lowest BCUT2D eigenvalue weighted by atomic mass is 9.84. The van der Waals surface area contributed by atoms with Crippen molar-refractivity contribution in [2.45, 2.75) is 68.3 Å². The lowest BCUT2D eigenvalue weighted by Gasteiger charge is -2.24. The Kier molecular flexibility index (Phi) is 4.60. The molecular weight excluding hydrogens is 336 g/mol. The van der Waals surface area contributed by atoms with E-state index in [2.05, 4.69) is 14.8 Å². The molecule has 4 rings (SSSR count). The third-order valence-electron chi connectivity index (χ3n) is 5.38. The van der Waals surface area contributed by atoms with E-state index in [9.17, 15) is 8.42 Å². The molecule has 1 N–H and O–H groups in total. The molecule has 6 nitrogen and oxygen atoms in total. The molecule has 134 valence electrons. The highest BCUT2D eigenvalue weighted by Gasteiger charge is 2.27. The van der Waals surface area contributed by atoms with Crippen LogP contribution in [-0.2, 0) is 16.6 Å². The lowest BCUT2D eigenvalue weighted by Crippen LogP contribution is -2.33. The summed E-state index contributed by atoms with van der Waals surface area (Å²) in [7, 11) is -3.56. The maximum atomic E-state index is 12.8. The zero-order valence-electron chi connectivity index (χ0n) is 14.3. The lowest BCUT2D eigenvalue weighted by molar-refractivity contribution is 0.400. The Hall–Kier alpha value is -1.73. The van der Waals surface area contributed by atoms with Crippen LogP contribution in [0.2, 0.25) is 0 Å². The average molecular weight is 360 g/mol. The highest BCUT2D eigenvalue weighted by molar-refractivity contribution is 7.89. The molecule has 0 unspecified atom stereocenters. The number of aromatic nitrogens is 3. The van der Waals surface area contributed by atoms with Gasteiger partial charge in [0.05, 0.1) is 10.9 Å². The quantitative estimate of drug-likeness (QED) is 0.909. The smallest absolute Gasteiger partial charge is 0.241 e. The van der Waals surface area contributed by atoms with Crippen molar-refractivity contribution in [2.24, 2.45) is 0 Å². The van der Waals surface area contributed by atoms with E-state index in [0.717, 1.165) is 19.4 Å². The zero-order chi connectivity index (χ0) is 17.3. The Balaban J connectivity index is 1.51. The summed E-state index contributed by atoms with van der Waals surface area (Å²) in [6.45, 7) is 0.795. The van der Waals surface area contributed by atoms with Crippen LogP contribution in [0.15, 0.2) is 35.5 Å². The number of aryl methyl sites for hydroxylation is 1. The van der Waals surface area contributed by atoms with Crippen molar-refractivity contribution in [3.8, 4) is 0 Å². The van der Waals surface area contributed by atoms with Gasteiger partial charge < -0.3 is 0 Å². The number of rotatable bonds is 4. The molecular formula is C18H24N4O2S. The third-order valence-corrected chi connectivity index (χ3v) is 6.87. The molecule has 1 fully saturated rings. The number of benzene rings is 1. The zero-order valence-corrected chi connectivity index (χ0v) is 15.1. The fourth-order valence-electron chi connectivity index (χ4n) is 4.01. The minimum Gasteiger partial charge on any atom is -0.248 e. The molecule has 0 amide bonds. The molecule has 0 bridgehead atoms. The molecule has 25 heavy (non-hydrogen) atoms. The second-order valence-corrected chi connectivity index (χ2v) is 8.78. The minimum absolute atomic E-state index is 0.306. The third kappa shape index (κ3) is 3.48. The van der Waals surface area contributed by atoms with Gasteiger partial charge in [0.1, 0.15) is 12.2 Å². The summed E-state index contributed by atoms with van der Waals surface area (Å²) in [5, 5.41) is 4.14. The van der Waals surface area contributed by atoms with Crippen LogP contribution in [0, 0.1) is 0 Å². The van der Waals surface area contributed by atoms with Gasteiger partial charge in [-0.1, -0.05) is 31.4 Å². The largest absolute Gasteiger partial charge is 0.248 e. The molecule has 1 atom stereocenters. The van der Waals surface area contributed by atoms with Gasteiger partial charge in [0.2, 0.25) is 10.0 Å². The van der Waals surface area contributed by atoms with Gasteiger partial charge in [-0.3, -0.25) is 0 Å². The molecule has 2 heterocycles. The molecule has 1 aliphatic carbocycles. The number of fused-ring (bicyclic) bond motifs is 1. The van der Waals surface area contributed by atoms with Crippen LogP contribution in [0.25, 0.3) is 0 Å². The Morgan fingerprint density at radius 2 is 1.76 bits per heavy atom. The minimum atomic E-state index is -3.56. The van der Waals surface area contributed by atoms with Crippen LogP contribution < -0.4 is 4.72 Å². The maximum absolute atomic E-state index is 12.8. The van der Waals surface area contributed by atoms with E-state index in [4.69, 9.17) is 0 Å². The second-order valence-electron chi connectivity index (χ2n) is 7.06. The number of sulfonamides is 1. The summed E-state index contributed by atoms with van der Waals surface area (Å²) >= 11 is 0. The number of nitrogens with zero attached hydrogens (tertiary/aromatic N) is 3. The van der Waals surface area contributed by atoms with Crippen LogP contribution >= 0.6 is 0 Å². The van der Waals surface area contributed by atoms with Gasteiger partial charge in [0, 0.05) is 6.54 Å². The predicted molar refractivity (Wildman–Crippen MR) is 94.6 cm³/mol. The standard InChI is InChI=1S/C18H24N4O2S/c23-25(24,21-17-7-4-12-22-18(17)19-13-20-22)16-10-8-15(9-11-16)14-5-2-1-3-6-14/h8-11,13-14,17,21H,1-7,12H2/t17-/m1/s1. The maximum Gasteiger partial charge on any atom is 0.241 e. The SMILES string of the molecule is O=S(=O)(N[C@@H]1CCCn2ncnc21)c1ccc(C2CCCCC2)cc1. The van der Waals surface area contributed by atoms with E-state index in [1.54, 1.807) is 16.8 Å². The van der Waals surface area contributed by atoms with Crippen molar-refractivity contribution in [1.82, 2.24) is 19.5 Å². The first kappa shape index (κ1) is 16.7. The first-order chi connectivity index (χ1) is 12.1. The highest BCUT2D eigenvalue weighted by Crippen LogP contribution is 2.33. The van der Waals surface area contributed by atoms with E-state index in [1.807, 2.05) is 12.1 Å². The van der Waals surface area contributed by atoms with Gasteiger partial charge in [-0.05, 0) is 49.3 Å². The van der Waals surface area contributed by atoms with E-state index >= 15 is 0 Å². The topological polar surface area (TPSA) is 76.9 Å². The molecule has 7 heteroatoms. The van der Waals surface area contributed by atoms with Gasteiger partial charge in [0.15, 0.2) is 0 Å². The van der Waals surface area contributed by atoms with E-state index < -0.39 is 10.0 Å². The summed E-state index contributed by atoms with van der Waals surface area (Å²) in [6.07, 6.45) is 9.41. The fourth-order valence-corrected chi connectivity index (χ4v) is 5.24. The predicted octanol–water partition coefficient (Wildman–Crippen LogP) is 3.14. The fraction of sp³-hybridized carbons (Fsp3) is 0.556. The molecule has 1 aromatic carbocycles. The average Bonchev–Trinajstić information content (AvgIpc) is 3.12. The normalized spacial score (nSPS) is 21.8. The van der Waals surface area contributed by atoms with Crippen LogP contribution in [0.5, 0.6) is 0 Å². The molecule has 0 radical (unpaired) electrons. The van der Waals surface area contributed by atoms with Crippen LogP contribution in [-0.4, -0.2) is 23.2 Å². The van der Waals surface area contributed by atoms with Gasteiger partial charge in [-0.15, -0.1) is 0 Å². The molecule has 2 aromatic rings. The molecule has 0 spiro atoms. The molecule has 2 aliphatic rings. The molecule has 1 aliphatic heterocycles. The van der Waals surface area contributed by atoms with E-state index in [1.165, 1.54) is 44.0 Å². The summed E-state index contributed by atoms with van der Waals surface area (Å²) in [4.78, 5) is 4.54. The number of nitrogens with one attached hydrogen (secondary N) is 1. The summed E-state index contributed by atoms with van der Waals surface area (Å²) in [6, 6.07) is 7.13. The Labute approximate surface area is 148 Å². The van der Waals surface area contributed by atoms with Crippen molar-refractivity contribution in [1.29, 1.82) is 0 Å². The van der Waals surface area contributed by atoms with Crippen LogP contribution in [0.4, 0.5) is 0 Å². The van der Waals surface area contributed by atoms with Crippen LogP contribution in [0.3, 0.4) is 0 Å². The van der Waals surface area contributed by atoms with Gasteiger partial charge in [-0.2, -0.15) is 5.10 Å². The van der Waals surface area contributed by atoms with Crippen molar-refractivity contribution in [2.75, 3.05) is 0 Å². The first-order valence-corrected chi connectivity index (χ1v) is 10.6. The second kappa shape index (κ2) is 6.88. The van der Waals surface area contributed by atoms with E-state index in [-0.39, 0.29) is 6.04 Å². The van der Waals surface area contributed by atoms with Crippen molar-refractivity contribution < 1.29 is 8.42 Å². The summed E-state index contributed by atoms with van der Waals surface area (Å²) < 4.78 is 30.1. The number of hydrogen-bond donors (Lipinski definition) is 1. The van der Waals surface area contributed by atoms with Crippen molar-refractivity contribution >= 4 is 10.0 Å². The molecule has 0 saturated heterocycles. The molecule has 1 aromatic heterocycles. The summed E-state index contributed by atoms with van der Waals surface area (Å²) in [5.41, 5.74) is 1.26. The highest BCUT2D eigenvalue weighted by atomic mass is 32.2. The van der Waals surface area contributed by atoms with Crippen molar-refractivity contribution in [3.63, 3.8) is 0 Å². The Morgan fingerprint density at radius 3 is 2.52 bits per heavy atom. The first-order valence-electron chi connectivity index (χ1n) is 9.13. The van der Waals surface area contributed by atoms with Gasteiger partial charge >= 0.3 is 0 Å². The van der Waals surface area contributed by atoms with Crippen LogP contribution in [0.1, 0.15) is 68.3 Å². The van der Waals surface area contributed by atoms with Gasteiger partial charge in [0.25, 0.3) is 0 Å². The Morgan fingerprint density at radius 1 is 1.00 bits per heavy atom. The monoisotopic (exact) mass is 360 g/mol. The van der Waals surface area contributed by atoms with Gasteiger partial charge in [-0.25, -0.2) is 22.8 Å². The summed E-state index contributed by atoms with van der Waals surface area (Å²) in [5.74, 6) is 1.28. The molecule has 1 saturated carbocycles.